The number of benzene rings is 1. The van der Waals surface area contributed by atoms with Gasteiger partial charge in [0.2, 0.25) is 0 Å². The van der Waals surface area contributed by atoms with Crippen molar-refractivity contribution in [2.24, 2.45) is 0 Å². The molecule has 4 nitrogen and oxygen atoms in total. The quantitative estimate of drug-likeness (QED) is 0.943. The van der Waals surface area contributed by atoms with Gasteiger partial charge in [-0.3, -0.25) is 0 Å². The van der Waals surface area contributed by atoms with Gasteiger partial charge in [0.1, 0.15) is 0 Å². The highest BCUT2D eigenvalue weighted by atomic mass is 35.5. The highest BCUT2D eigenvalue weighted by molar-refractivity contribution is 6.34. The van der Waals surface area contributed by atoms with Crippen molar-refractivity contribution in [3.8, 4) is 5.69 Å². The minimum absolute atomic E-state index is 0.0211. The van der Waals surface area contributed by atoms with E-state index >= 15 is 0 Å². The lowest BCUT2D eigenvalue weighted by molar-refractivity contribution is 0.418. The Bertz CT molecular complexity index is 572. The Morgan fingerprint density at radius 2 is 2.00 bits per heavy atom. The topological polar surface area (TPSA) is 42.7 Å². The maximum atomic E-state index is 6.18. The second kappa shape index (κ2) is 5.49. The fraction of sp³-hybridized carbons (Fsp3) is 0.385. The van der Waals surface area contributed by atoms with E-state index in [1.165, 1.54) is 0 Å². The van der Waals surface area contributed by atoms with Crippen LogP contribution >= 0.6 is 23.2 Å². The molecule has 6 heteroatoms. The van der Waals surface area contributed by atoms with E-state index in [4.69, 9.17) is 23.2 Å². The smallest absolute Gasteiger partial charge is 0.0868 e. The molecule has 1 heterocycles. The van der Waals surface area contributed by atoms with Gasteiger partial charge < -0.3 is 5.32 Å². The first-order valence-electron chi connectivity index (χ1n) is 5.97. The summed E-state index contributed by atoms with van der Waals surface area (Å²) < 4.78 is 1.70. The van der Waals surface area contributed by atoms with E-state index in [0.29, 0.717) is 16.6 Å². The SMILES string of the molecule is CC(C)(C)NCc1cnnn1-c1cc(Cl)ccc1Cl. The molecular formula is C13H16Cl2N4. The summed E-state index contributed by atoms with van der Waals surface area (Å²) in [5.74, 6) is 0. The molecule has 2 aromatic rings. The van der Waals surface area contributed by atoms with E-state index in [-0.39, 0.29) is 5.54 Å². The molecule has 19 heavy (non-hydrogen) atoms. The molecule has 1 N–H and O–H groups in total. The van der Waals surface area contributed by atoms with Crippen LogP contribution in [0.1, 0.15) is 26.5 Å². The summed E-state index contributed by atoms with van der Waals surface area (Å²) in [6.07, 6.45) is 1.72. The lowest BCUT2D eigenvalue weighted by Crippen LogP contribution is -2.35. The highest BCUT2D eigenvalue weighted by Crippen LogP contribution is 2.24. The van der Waals surface area contributed by atoms with Crippen LogP contribution in [0.15, 0.2) is 24.4 Å². The Morgan fingerprint density at radius 1 is 1.26 bits per heavy atom. The van der Waals surface area contributed by atoms with E-state index in [9.17, 15) is 0 Å². The maximum absolute atomic E-state index is 6.18. The average Bonchev–Trinajstić information content (AvgIpc) is 2.77. The number of nitrogens with one attached hydrogen (secondary N) is 1. The Hall–Kier alpha value is -1.10. The Morgan fingerprint density at radius 3 is 2.68 bits per heavy atom. The number of hydrogen-bond donors (Lipinski definition) is 1. The molecule has 0 unspecified atom stereocenters. The molecule has 0 saturated heterocycles. The van der Waals surface area contributed by atoms with Gasteiger partial charge in [0.15, 0.2) is 0 Å². The van der Waals surface area contributed by atoms with Crippen LogP contribution in [0.4, 0.5) is 0 Å². The molecule has 0 saturated carbocycles. The van der Waals surface area contributed by atoms with Gasteiger partial charge in [-0.05, 0) is 39.0 Å². The number of hydrogen-bond acceptors (Lipinski definition) is 3. The van der Waals surface area contributed by atoms with E-state index < -0.39 is 0 Å². The zero-order valence-electron chi connectivity index (χ0n) is 11.1. The summed E-state index contributed by atoms with van der Waals surface area (Å²) in [7, 11) is 0. The van der Waals surface area contributed by atoms with Gasteiger partial charge in [-0.1, -0.05) is 28.4 Å². The maximum Gasteiger partial charge on any atom is 0.0868 e. The average molecular weight is 299 g/mol. The van der Waals surface area contributed by atoms with Gasteiger partial charge in [0.25, 0.3) is 0 Å². The van der Waals surface area contributed by atoms with Crippen LogP contribution in [0.2, 0.25) is 10.0 Å². The lowest BCUT2D eigenvalue weighted by atomic mass is 10.1. The van der Waals surface area contributed by atoms with Gasteiger partial charge in [0.05, 0.1) is 22.6 Å². The zero-order valence-corrected chi connectivity index (χ0v) is 12.6. The first-order chi connectivity index (χ1) is 8.87. The Kier molecular flexibility index (Phi) is 4.13. The minimum atomic E-state index is 0.0211. The van der Waals surface area contributed by atoms with Crippen molar-refractivity contribution in [1.82, 2.24) is 20.3 Å². The van der Waals surface area contributed by atoms with E-state index in [1.807, 2.05) is 0 Å². The fourth-order valence-electron chi connectivity index (χ4n) is 1.58. The van der Waals surface area contributed by atoms with Gasteiger partial charge >= 0.3 is 0 Å². The first kappa shape index (κ1) is 14.3. The second-order valence-corrected chi connectivity index (χ2v) is 6.18. The third-order valence-electron chi connectivity index (χ3n) is 2.56. The van der Waals surface area contributed by atoms with E-state index in [2.05, 4.69) is 36.4 Å². The van der Waals surface area contributed by atoms with Crippen molar-refractivity contribution in [2.75, 3.05) is 0 Å². The van der Waals surface area contributed by atoms with Gasteiger partial charge in [-0.2, -0.15) is 0 Å². The minimum Gasteiger partial charge on any atom is -0.306 e. The number of nitrogens with zero attached hydrogens (tertiary/aromatic N) is 3. The second-order valence-electron chi connectivity index (χ2n) is 5.34. The van der Waals surface area contributed by atoms with Crippen molar-refractivity contribution >= 4 is 23.2 Å². The lowest BCUT2D eigenvalue weighted by Gasteiger charge is -2.20. The normalized spacial score (nSPS) is 11.8. The van der Waals surface area contributed by atoms with Crippen LogP contribution in [-0.4, -0.2) is 20.5 Å². The molecule has 0 aliphatic rings. The molecule has 1 aromatic heterocycles. The van der Waals surface area contributed by atoms with Crippen molar-refractivity contribution in [3.05, 3.63) is 40.1 Å². The molecule has 0 fully saturated rings. The van der Waals surface area contributed by atoms with Gasteiger partial charge in [-0.25, -0.2) is 4.68 Å². The summed E-state index contributed by atoms with van der Waals surface area (Å²) in [6, 6.07) is 5.28. The third-order valence-corrected chi connectivity index (χ3v) is 3.11. The molecule has 102 valence electrons. The molecular weight excluding hydrogens is 283 g/mol. The Labute approximate surface area is 122 Å². The standard InChI is InChI=1S/C13H16Cl2N4/c1-13(2,3)16-7-10-8-17-18-19(10)12-6-9(14)4-5-11(12)15/h4-6,8,16H,7H2,1-3H3. The number of aromatic nitrogens is 3. The van der Waals surface area contributed by atoms with Crippen molar-refractivity contribution in [2.45, 2.75) is 32.9 Å². The van der Waals surface area contributed by atoms with Crippen molar-refractivity contribution in [1.29, 1.82) is 0 Å². The van der Waals surface area contributed by atoms with Crippen LogP contribution in [0, 0.1) is 0 Å². The van der Waals surface area contributed by atoms with Crippen LogP contribution in [0.3, 0.4) is 0 Å². The summed E-state index contributed by atoms with van der Waals surface area (Å²) in [4.78, 5) is 0. The van der Waals surface area contributed by atoms with E-state index in [0.717, 1.165) is 11.4 Å². The number of rotatable bonds is 3. The molecule has 0 amide bonds. The molecule has 0 atom stereocenters. The van der Waals surface area contributed by atoms with Gasteiger partial charge in [-0.15, -0.1) is 5.10 Å². The predicted octanol–water partition coefficient (Wildman–Crippen LogP) is 3.46. The van der Waals surface area contributed by atoms with Crippen molar-refractivity contribution in [3.63, 3.8) is 0 Å². The first-order valence-corrected chi connectivity index (χ1v) is 6.72. The van der Waals surface area contributed by atoms with E-state index in [1.54, 1.807) is 29.1 Å². The molecule has 0 radical (unpaired) electrons. The third kappa shape index (κ3) is 3.69. The Balaban J connectivity index is 2.31. The zero-order chi connectivity index (χ0) is 14.0. The summed E-state index contributed by atoms with van der Waals surface area (Å²) in [5, 5.41) is 12.6. The summed E-state index contributed by atoms with van der Waals surface area (Å²) in [6.45, 7) is 6.97. The predicted molar refractivity (Wildman–Crippen MR) is 78.0 cm³/mol. The van der Waals surface area contributed by atoms with Crippen LogP contribution < -0.4 is 5.32 Å². The largest absolute Gasteiger partial charge is 0.306 e. The monoisotopic (exact) mass is 298 g/mol. The van der Waals surface area contributed by atoms with Crippen LogP contribution in [-0.2, 0) is 6.54 Å². The number of halogens is 2. The molecule has 2 rings (SSSR count). The van der Waals surface area contributed by atoms with Crippen LogP contribution in [0.25, 0.3) is 5.69 Å². The summed E-state index contributed by atoms with van der Waals surface area (Å²) in [5.41, 5.74) is 1.68. The van der Waals surface area contributed by atoms with Crippen molar-refractivity contribution < 1.29 is 0 Å². The van der Waals surface area contributed by atoms with Gasteiger partial charge in [0, 0.05) is 17.1 Å². The molecule has 0 bridgehead atoms. The molecule has 1 aromatic carbocycles. The highest BCUT2D eigenvalue weighted by Gasteiger charge is 2.14. The molecule has 0 aliphatic carbocycles. The van der Waals surface area contributed by atoms with Crippen LogP contribution in [0.5, 0.6) is 0 Å². The molecule has 0 spiro atoms. The molecule has 0 aliphatic heterocycles. The fourth-order valence-corrected chi connectivity index (χ4v) is 1.95. The summed E-state index contributed by atoms with van der Waals surface area (Å²) >= 11 is 12.2.